The maximum Gasteiger partial charge on any atom is 0.407 e. The maximum absolute atomic E-state index is 13.7. The fourth-order valence-electron chi connectivity index (χ4n) is 9.72. The van der Waals surface area contributed by atoms with Gasteiger partial charge in [-0.25, -0.2) is 9.59 Å². The highest BCUT2D eigenvalue weighted by Crippen LogP contribution is 2.49. The first-order chi connectivity index (χ1) is 30.9. The number of benzene rings is 2. The molecule has 6 rings (SSSR count). The summed E-state index contributed by atoms with van der Waals surface area (Å²) in [5.74, 6) is -1.52. The molecular weight excluding hydrogens is 827 g/mol. The van der Waals surface area contributed by atoms with E-state index in [4.69, 9.17) is 9.47 Å². The van der Waals surface area contributed by atoms with Gasteiger partial charge in [0.05, 0.1) is 26.3 Å². The van der Waals surface area contributed by atoms with E-state index in [2.05, 4.69) is 83.4 Å². The van der Waals surface area contributed by atoms with Crippen LogP contribution >= 0.6 is 0 Å². The van der Waals surface area contributed by atoms with Crippen LogP contribution in [-0.4, -0.2) is 102 Å². The highest BCUT2D eigenvalue weighted by Gasteiger charge is 2.41. The maximum atomic E-state index is 13.7. The standard InChI is InChI=1S/C50H69N7O8/c1-30(2)42(53-48(62)64-8)46(60)55-28-10-12-40(55)44(58)51-35-20-14-32(15-21-35)38-26-27-39(57(38)37-24-18-34(19-25-37)50(5,6)7)33-16-22-36(23-17-33)52-45(59)41-13-11-29-56(41)47(61)43(31(3)4)54-49(63)65-9/h14-18,20-24,30-31,38-43H,10-13,19,25-29H2,1-9H3,(H,51,58)(H,52,59)(H,53,62)(H,54,63)/t38-,39-,40-,41?,42-,43-/m0/s1. The molecule has 352 valence electrons. The lowest BCUT2D eigenvalue weighted by Crippen LogP contribution is -2.54. The third-order valence-electron chi connectivity index (χ3n) is 13.4. The molecule has 2 aromatic rings. The lowest BCUT2D eigenvalue weighted by Gasteiger charge is -2.37. The van der Waals surface area contributed by atoms with E-state index in [-0.39, 0.29) is 53.0 Å². The van der Waals surface area contributed by atoms with Crippen LogP contribution in [0.1, 0.15) is 123 Å². The number of likely N-dealkylation sites (tertiary alicyclic amines) is 3. The number of nitrogens with zero attached hydrogens (tertiary/aromatic N) is 3. The summed E-state index contributed by atoms with van der Waals surface area (Å²) in [6.45, 7) is 15.0. The zero-order valence-electron chi connectivity index (χ0n) is 39.6. The van der Waals surface area contributed by atoms with Gasteiger partial charge in [-0.1, -0.05) is 84.4 Å². The van der Waals surface area contributed by atoms with Crippen LogP contribution < -0.4 is 21.3 Å². The quantitative estimate of drug-likeness (QED) is 0.156. The van der Waals surface area contributed by atoms with Crippen molar-refractivity contribution in [3.8, 4) is 0 Å². The van der Waals surface area contributed by atoms with Crippen molar-refractivity contribution >= 4 is 47.2 Å². The van der Waals surface area contributed by atoms with Crippen molar-refractivity contribution in [2.24, 2.45) is 17.3 Å². The van der Waals surface area contributed by atoms with Gasteiger partial charge in [-0.3, -0.25) is 19.2 Å². The van der Waals surface area contributed by atoms with Crippen molar-refractivity contribution in [3.05, 3.63) is 83.1 Å². The summed E-state index contributed by atoms with van der Waals surface area (Å²) in [6.07, 6.45) is 9.29. The fraction of sp³-hybridized carbons (Fsp3) is 0.560. The average molecular weight is 896 g/mol. The van der Waals surface area contributed by atoms with Gasteiger partial charge in [0.25, 0.3) is 0 Å². The normalized spacial score (nSPS) is 21.9. The van der Waals surface area contributed by atoms with Gasteiger partial charge in [0.1, 0.15) is 24.2 Å². The topological polar surface area (TPSA) is 179 Å². The van der Waals surface area contributed by atoms with Crippen LogP contribution in [0.25, 0.3) is 0 Å². The minimum atomic E-state index is -0.809. The SMILES string of the molecule is COC(=O)N[C@H](C(=O)N1CCCC1C(=O)Nc1ccc([C@@H]2CC[C@@H](c3ccc(NC(=O)[C@@H]4CCCN4C(=O)[C@@H](NC(=O)OC)C(C)C)cc3)N2C2=CC=C(C(C)(C)C)CC2)cc1)C(C)C. The van der Waals surface area contributed by atoms with Crippen LogP contribution in [0.15, 0.2) is 72.0 Å². The van der Waals surface area contributed by atoms with Gasteiger partial charge >= 0.3 is 12.2 Å². The predicted molar refractivity (Wildman–Crippen MR) is 249 cm³/mol. The van der Waals surface area contributed by atoms with E-state index in [1.54, 1.807) is 9.80 Å². The molecule has 6 atom stereocenters. The molecule has 1 unspecified atom stereocenters. The second-order valence-electron chi connectivity index (χ2n) is 19.4. The van der Waals surface area contributed by atoms with Crippen molar-refractivity contribution in [1.82, 2.24) is 25.3 Å². The first-order valence-electron chi connectivity index (χ1n) is 23.2. The predicted octanol–water partition coefficient (Wildman–Crippen LogP) is 7.84. The molecule has 2 aromatic carbocycles. The van der Waals surface area contributed by atoms with Crippen LogP contribution in [0.3, 0.4) is 0 Å². The fourth-order valence-corrected chi connectivity index (χ4v) is 9.72. The van der Waals surface area contributed by atoms with Crippen LogP contribution in [0.2, 0.25) is 0 Å². The number of methoxy groups -OCH3 is 2. The smallest absolute Gasteiger partial charge is 0.407 e. The second-order valence-corrected chi connectivity index (χ2v) is 19.4. The van der Waals surface area contributed by atoms with Crippen molar-refractivity contribution < 1.29 is 38.2 Å². The van der Waals surface area contributed by atoms with Crippen molar-refractivity contribution in [2.75, 3.05) is 37.9 Å². The van der Waals surface area contributed by atoms with E-state index in [1.807, 2.05) is 52.0 Å². The molecule has 3 aliphatic heterocycles. The Labute approximate surface area is 384 Å². The monoisotopic (exact) mass is 896 g/mol. The number of nitrogens with one attached hydrogen (secondary N) is 4. The van der Waals surface area contributed by atoms with Crippen molar-refractivity contribution in [1.29, 1.82) is 0 Å². The van der Waals surface area contributed by atoms with Gasteiger partial charge in [-0.15, -0.1) is 0 Å². The number of alkyl carbamates (subject to hydrolysis) is 2. The average Bonchev–Trinajstić information content (AvgIpc) is 4.08. The molecule has 15 nitrogen and oxygen atoms in total. The Hall–Kier alpha value is -5.86. The Morgan fingerprint density at radius 2 is 1.02 bits per heavy atom. The van der Waals surface area contributed by atoms with E-state index in [0.29, 0.717) is 50.1 Å². The van der Waals surface area contributed by atoms with E-state index in [1.165, 1.54) is 25.5 Å². The lowest BCUT2D eigenvalue weighted by atomic mass is 9.81. The molecule has 3 fully saturated rings. The first kappa shape index (κ1) is 48.6. The molecule has 4 N–H and O–H groups in total. The third-order valence-corrected chi connectivity index (χ3v) is 13.4. The molecule has 15 heteroatoms. The zero-order valence-corrected chi connectivity index (χ0v) is 39.6. The first-order valence-corrected chi connectivity index (χ1v) is 23.2. The van der Waals surface area contributed by atoms with Crippen LogP contribution in [0.4, 0.5) is 21.0 Å². The summed E-state index contributed by atoms with van der Waals surface area (Å²) < 4.78 is 9.49. The minimum absolute atomic E-state index is 0.0736. The summed E-state index contributed by atoms with van der Waals surface area (Å²) >= 11 is 0. The van der Waals surface area contributed by atoms with E-state index < -0.39 is 36.4 Å². The largest absolute Gasteiger partial charge is 0.453 e. The highest BCUT2D eigenvalue weighted by molar-refractivity contribution is 5.99. The van der Waals surface area contributed by atoms with Crippen LogP contribution in [0.5, 0.6) is 0 Å². The Kier molecular flexibility index (Phi) is 15.7. The number of hydrogen-bond donors (Lipinski definition) is 4. The lowest BCUT2D eigenvalue weighted by molar-refractivity contribution is -0.139. The number of carbonyl (C=O) groups is 6. The molecule has 65 heavy (non-hydrogen) atoms. The summed E-state index contributed by atoms with van der Waals surface area (Å²) in [6, 6.07) is 13.2. The van der Waals surface area contributed by atoms with Gasteiger partial charge in [0, 0.05) is 30.2 Å². The number of ether oxygens (including phenoxy) is 2. The Bertz CT molecular complexity index is 2000. The van der Waals surface area contributed by atoms with Gasteiger partial charge in [0.15, 0.2) is 0 Å². The number of carbonyl (C=O) groups excluding carboxylic acids is 6. The molecule has 0 radical (unpaired) electrons. The van der Waals surface area contributed by atoms with Crippen LogP contribution in [-0.2, 0) is 28.7 Å². The van der Waals surface area contributed by atoms with Crippen molar-refractivity contribution in [3.63, 3.8) is 0 Å². The van der Waals surface area contributed by atoms with E-state index >= 15 is 0 Å². The molecule has 6 amide bonds. The zero-order chi connectivity index (χ0) is 47.2. The van der Waals surface area contributed by atoms with E-state index in [0.717, 1.165) is 36.8 Å². The summed E-state index contributed by atoms with van der Waals surface area (Å²) in [5, 5.41) is 11.4. The molecule has 3 saturated heterocycles. The Balaban J connectivity index is 1.17. The molecule has 4 aliphatic rings. The Morgan fingerprint density at radius 1 is 0.600 bits per heavy atom. The van der Waals surface area contributed by atoms with Gasteiger partial charge in [0.2, 0.25) is 23.6 Å². The van der Waals surface area contributed by atoms with Crippen molar-refractivity contribution in [2.45, 2.75) is 136 Å². The number of allylic oxidation sites excluding steroid dienone is 4. The molecule has 3 heterocycles. The van der Waals surface area contributed by atoms with Gasteiger partial charge in [-0.05, 0) is 110 Å². The second kappa shape index (κ2) is 21.0. The Morgan fingerprint density at radius 3 is 1.35 bits per heavy atom. The van der Waals surface area contributed by atoms with Crippen LogP contribution in [0, 0.1) is 17.3 Å². The minimum Gasteiger partial charge on any atom is -0.453 e. The molecule has 0 bridgehead atoms. The molecule has 1 aliphatic carbocycles. The van der Waals surface area contributed by atoms with E-state index in [9.17, 15) is 28.8 Å². The number of amides is 6. The summed E-state index contributed by atoms with van der Waals surface area (Å²) in [4.78, 5) is 84.2. The number of anilines is 2. The summed E-state index contributed by atoms with van der Waals surface area (Å²) in [5.41, 5.74) is 6.29. The third kappa shape index (κ3) is 11.3. The van der Waals surface area contributed by atoms with Gasteiger partial charge in [-0.2, -0.15) is 0 Å². The summed E-state index contributed by atoms with van der Waals surface area (Å²) in [7, 11) is 2.51. The number of hydrogen-bond acceptors (Lipinski definition) is 9. The molecule has 0 aromatic heterocycles. The highest BCUT2D eigenvalue weighted by atomic mass is 16.5. The molecule has 0 saturated carbocycles. The number of rotatable bonds is 13. The molecular formula is C50H69N7O8. The molecule has 0 spiro atoms. The van der Waals surface area contributed by atoms with Gasteiger partial charge < -0.3 is 45.4 Å².